The molecule has 0 spiro atoms. The zero-order valence-electron chi connectivity index (χ0n) is 12.7. The first-order chi connectivity index (χ1) is 10.4. The molecular weight excluding hydrogens is 324 g/mol. The molecule has 7 heteroatoms. The maximum absolute atomic E-state index is 12.5. The SMILES string of the molecule is CCCCC(=O)N1CCN(S(=O)(=O)c2ccc(Cl)cc2)CC1. The average Bonchev–Trinajstić information content (AvgIpc) is 2.53. The van der Waals surface area contributed by atoms with Crippen molar-refractivity contribution < 1.29 is 13.2 Å². The summed E-state index contributed by atoms with van der Waals surface area (Å²) in [6.45, 7) is 3.63. The zero-order valence-corrected chi connectivity index (χ0v) is 14.2. The van der Waals surface area contributed by atoms with Crippen molar-refractivity contribution in [3.8, 4) is 0 Å². The van der Waals surface area contributed by atoms with Crippen molar-refractivity contribution in [3.63, 3.8) is 0 Å². The second-order valence-corrected chi connectivity index (χ2v) is 7.72. The van der Waals surface area contributed by atoms with Gasteiger partial charge in [-0.1, -0.05) is 24.9 Å². The van der Waals surface area contributed by atoms with Crippen LogP contribution in [0.1, 0.15) is 26.2 Å². The van der Waals surface area contributed by atoms with Crippen LogP contribution in [0.15, 0.2) is 29.2 Å². The number of benzene rings is 1. The monoisotopic (exact) mass is 344 g/mol. The van der Waals surface area contributed by atoms with E-state index in [0.717, 1.165) is 12.8 Å². The van der Waals surface area contributed by atoms with Gasteiger partial charge in [0.2, 0.25) is 15.9 Å². The fourth-order valence-electron chi connectivity index (χ4n) is 2.42. The zero-order chi connectivity index (χ0) is 16.2. The Morgan fingerprint density at radius 3 is 2.27 bits per heavy atom. The summed E-state index contributed by atoms with van der Waals surface area (Å²) >= 11 is 5.79. The number of unbranched alkanes of at least 4 members (excludes halogenated alkanes) is 1. The molecule has 1 fully saturated rings. The summed E-state index contributed by atoms with van der Waals surface area (Å²) in [5, 5.41) is 0.505. The van der Waals surface area contributed by atoms with E-state index >= 15 is 0 Å². The molecule has 0 saturated carbocycles. The van der Waals surface area contributed by atoms with E-state index in [1.807, 2.05) is 6.92 Å². The summed E-state index contributed by atoms with van der Waals surface area (Å²) in [5.74, 6) is 0.116. The number of halogens is 1. The first-order valence-corrected chi connectivity index (χ1v) is 9.30. The van der Waals surface area contributed by atoms with Crippen LogP contribution in [0.5, 0.6) is 0 Å². The lowest BCUT2D eigenvalue weighted by molar-refractivity contribution is -0.132. The standard InChI is InChI=1S/C15H21ClN2O3S/c1-2-3-4-15(19)17-9-11-18(12-10-17)22(20,21)14-7-5-13(16)6-8-14/h5-8H,2-4,9-12H2,1H3. The second-order valence-electron chi connectivity index (χ2n) is 5.34. The average molecular weight is 345 g/mol. The third-order valence-corrected chi connectivity index (χ3v) is 5.95. The normalized spacial score (nSPS) is 16.7. The number of carbonyl (C=O) groups excluding carboxylic acids is 1. The molecule has 0 radical (unpaired) electrons. The first kappa shape index (κ1) is 17.2. The number of rotatable bonds is 5. The van der Waals surface area contributed by atoms with Gasteiger partial charge >= 0.3 is 0 Å². The van der Waals surface area contributed by atoms with E-state index in [-0.39, 0.29) is 10.8 Å². The van der Waals surface area contributed by atoms with E-state index in [1.54, 1.807) is 17.0 Å². The van der Waals surface area contributed by atoms with E-state index < -0.39 is 10.0 Å². The number of hydrogen-bond donors (Lipinski definition) is 0. The van der Waals surface area contributed by atoms with Crippen molar-refractivity contribution in [2.24, 2.45) is 0 Å². The third-order valence-electron chi connectivity index (χ3n) is 3.79. The van der Waals surface area contributed by atoms with Crippen molar-refractivity contribution in [1.29, 1.82) is 0 Å². The molecule has 1 aliphatic rings. The van der Waals surface area contributed by atoms with Crippen LogP contribution in [0.25, 0.3) is 0 Å². The summed E-state index contributed by atoms with van der Waals surface area (Å²) in [5.41, 5.74) is 0. The minimum absolute atomic E-state index is 0.116. The van der Waals surface area contributed by atoms with Gasteiger partial charge in [-0.15, -0.1) is 0 Å². The molecule has 1 heterocycles. The van der Waals surface area contributed by atoms with Gasteiger partial charge in [-0.2, -0.15) is 4.31 Å². The molecule has 0 unspecified atom stereocenters. The van der Waals surface area contributed by atoms with Crippen molar-refractivity contribution in [2.45, 2.75) is 31.1 Å². The van der Waals surface area contributed by atoms with Crippen LogP contribution in [0.4, 0.5) is 0 Å². The Labute approximate surface area is 136 Å². The molecule has 0 atom stereocenters. The lowest BCUT2D eigenvalue weighted by Gasteiger charge is -2.34. The maximum Gasteiger partial charge on any atom is 0.243 e. The molecule has 1 aliphatic heterocycles. The van der Waals surface area contributed by atoms with Gasteiger partial charge in [0, 0.05) is 37.6 Å². The Bertz CT molecular complexity index is 608. The Hall–Kier alpha value is -1.11. The summed E-state index contributed by atoms with van der Waals surface area (Å²) in [4.78, 5) is 14.0. The number of amides is 1. The predicted octanol–water partition coefficient (Wildman–Crippen LogP) is 2.36. The number of hydrogen-bond acceptors (Lipinski definition) is 3. The molecule has 0 bridgehead atoms. The Balaban J connectivity index is 1.98. The highest BCUT2D eigenvalue weighted by Crippen LogP contribution is 2.20. The van der Waals surface area contributed by atoms with Gasteiger partial charge < -0.3 is 4.90 Å². The fraction of sp³-hybridized carbons (Fsp3) is 0.533. The molecule has 2 rings (SSSR count). The Morgan fingerprint density at radius 2 is 1.73 bits per heavy atom. The summed E-state index contributed by atoms with van der Waals surface area (Å²) < 4.78 is 26.5. The largest absolute Gasteiger partial charge is 0.340 e. The van der Waals surface area contributed by atoms with E-state index in [4.69, 9.17) is 11.6 Å². The smallest absolute Gasteiger partial charge is 0.243 e. The quantitative estimate of drug-likeness (QED) is 0.824. The molecular formula is C15H21ClN2O3S. The van der Waals surface area contributed by atoms with E-state index in [9.17, 15) is 13.2 Å². The minimum atomic E-state index is -3.51. The minimum Gasteiger partial charge on any atom is -0.340 e. The maximum atomic E-state index is 12.5. The van der Waals surface area contributed by atoms with Crippen LogP contribution < -0.4 is 0 Å². The van der Waals surface area contributed by atoms with Crippen LogP contribution >= 0.6 is 11.6 Å². The van der Waals surface area contributed by atoms with Crippen molar-refractivity contribution in [2.75, 3.05) is 26.2 Å². The lowest BCUT2D eigenvalue weighted by atomic mass is 10.2. The van der Waals surface area contributed by atoms with Gasteiger partial charge in [0.25, 0.3) is 0 Å². The van der Waals surface area contributed by atoms with Gasteiger partial charge in [-0.25, -0.2) is 8.42 Å². The number of piperazine rings is 1. The molecule has 0 N–H and O–H groups in total. The molecule has 22 heavy (non-hydrogen) atoms. The van der Waals surface area contributed by atoms with E-state index in [2.05, 4.69) is 0 Å². The van der Waals surface area contributed by atoms with Gasteiger partial charge in [-0.05, 0) is 30.7 Å². The molecule has 1 aromatic rings. The summed E-state index contributed by atoms with van der Waals surface area (Å²) in [6, 6.07) is 6.16. The molecule has 0 aliphatic carbocycles. The molecule has 0 aromatic heterocycles. The first-order valence-electron chi connectivity index (χ1n) is 7.48. The lowest BCUT2D eigenvalue weighted by Crippen LogP contribution is -2.50. The van der Waals surface area contributed by atoms with Crippen LogP contribution in [-0.4, -0.2) is 49.7 Å². The highest BCUT2D eigenvalue weighted by atomic mass is 35.5. The van der Waals surface area contributed by atoms with Crippen LogP contribution in [-0.2, 0) is 14.8 Å². The summed E-state index contributed by atoms with van der Waals surface area (Å²) in [7, 11) is -3.51. The van der Waals surface area contributed by atoms with E-state index in [0.29, 0.717) is 37.6 Å². The highest BCUT2D eigenvalue weighted by molar-refractivity contribution is 7.89. The fourth-order valence-corrected chi connectivity index (χ4v) is 3.97. The molecule has 1 saturated heterocycles. The Kier molecular flexibility index (Phi) is 5.83. The van der Waals surface area contributed by atoms with Gasteiger partial charge in [0.1, 0.15) is 0 Å². The van der Waals surface area contributed by atoms with Gasteiger partial charge in [0.15, 0.2) is 0 Å². The highest BCUT2D eigenvalue weighted by Gasteiger charge is 2.29. The number of carbonyl (C=O) groups is 1. The second kappa shape index (κ2) is 7.44. The molecule has 1 aromatic carbocycles. The van der Waals surface area contributed by atoms with E-state index in [1.165, 1.54) is 16.4 Å². The van der Waals surface area contributed by atoms with Crippen LogP contribution in [0.2, 0.25) is 5.02 Å². The topological polar surface area (TPSA) is 57.7 Å². The van der Waals surface area contributed by atoms with Crippen molar-refractivity contribution in [1.82, 2.24) is 9.21 Å². The number of nitrogens with zero attached hydrogens (tertiary/aromatic N) is 2. The van der Waals surface area contributed by atoms with Crippen LogP contribution in [0, 0.1) is 0 Å². The van der Waals surface area contributed by atoms with Crippen LogP contribution in [0.3, 0.4) is 0 Å². The Morgan fingerprint density at radius 1 is 1.14 bits per heavy atom. The van der Waals surface area contributed by atoms with Crippen molar-refractivity contribution >= 4 is 27.5 Å². The van der Waals surface area contributed by atoms with Gasteiger partial charge in [0.05, 0.1) is 4.90 Å². The molecule has 1 amide bonds. The third kappa shape index (κ3) is 4.00. The summed E-state index contributed by atoms with van der Waals surface area (Å²) in [6.07, 6.45) is 2.40. The number of sulfonamides is 1. The molecule has 122 valence electrons. The predicted molar refractivity (Wildman–Crippen MR) is 86.3 cm³/mol. The van der Waals surface area contributed by atoms with Gasteiger partial charge in [-0.3, -0.25) is 4.79 Å². The molecule has 5 nitrogen and oxygen atoms in total. The van der Waals surface area contributed by atoms with Crippen molar-refractivity contribution in [3.05, 3.63) is 29.3 Å².